The molecule has 0 aliphatic carbocycles. The van der Waals surface area contributed by atoms with Crippen LogP contribution in [0.25, 0.3) is 0 Å². The van der Waals surface area contributed by atoms with Gasteiger partial charge in [0.2, 0.25) is 0 Å². The largest absolute Gasteiger partial charge is 0.480 e. The number of aromatic nitrogens is 2. The van der Waals surface area contributed by atoms with E-state index in [4.69, 9.17) is 5.11 Å². The lowest BCUT2D eigenvalue weighted by molar-refractivity contribution is -0.135. The van der Waals surface area contributed by atoms with Crippen molar-refractivity contribution in [1.82, 2.24) is 20.4 Å². The van der Waals surface area contributed by atoms with Crippen molar-refractivity contribution in [3.05, 3.63) is 15.9 Å². The summed E-state index contributed by atoms with van der Waals surface area (Å²) in [5, 5.41) is 17.3. The van der Waals surface area contributed by atoms with Crippen molar-refractivity contribution in [2.45, 2.75) is 13.5 Å². The van der Waals surface area contributed by atoms with Crippen LogP contribution in [0.5, 0.6) is 0 Å². The minimum absolute atomic E-state index is 0.267. The van der Waals surface area contributed by atoms with Gasteiger partial charge in [0.15, 0.2) is 0 Å². The number of carbonyl (C=O) groups is 2. The fraction of sp³-hybridized carbons (Fsp3) is 0.444. The number of carboxylic acid groups (broad SMARTS) is 1. The number of hydrogen-bond acceptors (Lipinski definition) is 3. The third-order valence-electron chi connectivity index (χ3n) is 2.08. The zero-order valence-corrected chi connectivity index (χ0v) is 11.0. The van der Waals surface area contributed by atoms with E-state index in [9.17, 15) is 9.59 Å². The van der Waals surface area contributed by atoms with Crippen LogP contribution < -0.4 is 10.6 Å². The molecule has 0 saturated heterocycles. The maximum Gasteiger partial charge on any atom is 0.323 e. The summed E-state index contributed by atoms with van der Waals surface area (Å²) in [6.07, 6.45) is 0. The fourth-order valence-electron chi connectivity index (χ4n) is 1.25. The highest BCUT2D eigenvalue weighted by Crippen LogP contribution is 2.19. The molecular weight excluding hydrogens is 292 g/mol. The first-order chi connectivity index (χ1) is 7.91. The maximum atomic E-state index is 11.2. The monoisotopic (exact) mass is 304 g/mol. The van der Waals surface area contributed by atoms with Crippen molar-refractivity contribution in [2.75, 3.05) is 6.54 Å². The topological polar surface area (TPSA) is 96.3 Å². The van der Waals surface area contributed by atoms with Crippen molar-refractivity contribution in [3.8, 4) is 0 Å². The van der Waals surface area contributed by atoms with Crippen molar-refractivity contribution in [3.63, 3.8) is 0 Å². The zero-order chi connectivity index (χ0) is 13.0. The molecular formula is C9H13BrN4O3. The van der Waals surface area contributed by atoms with E-state index in [0.717, 1.165) is 15.9 Å². The summed E-state index contributed by atoms with van der Waals surface area (Å²) in [7, 11) is 1.77. The van der Waals surface area contributed by atoms with Gasteiger partial charge < -0.3 is 15.7 Å². The molecule has 1 aromatic heterocycles. The highest BCUT2D eigenvalue weighted by Gasteiger charge is 2.11. The van der Waals surface area contributed by atoms with Gasteiger partial charge in [-0.2, -0.15) is 5.10 Å². The second-order valence-corrected chi connectivity index (χ2v) is 4.19. The Labute approximate surface area is 106 Å². The van der Waals surface area contributed by atoms with Gasteiger partial charge in [-0.1, -0.05) is 0 Å². The van der Waals surface area contributed by atoms with Crippen molar-refractivity contribution in [2.24, 2.45) is 7.05 Å². The van der Waals surface area contributed by atoms with Gasteiger partial charge in [-0.25, -0.2) is 4.79 Å². The number of nitrogens with one attached hydrogen (secondary N) is 2. The van der Waals surface area contributed by atoms with E-state index >= 15 is 0 Å². The number of urea groups is 1. The molecule has 0 atom stereocenters. The van der Waals surface area contributed by atoms with Crippen LogP contribution in [0.2, 0.25) is 0 Å². The molecule has 7 nitrogen and oxygen atoms in total. The van der Waals surface area contributed by atoms with Crippen LogP contribution >= 0.6 is 15.9 Å². The van der Waals surface area contributed by atoms with E-state index in [2.05, 4.69) is 31.7 Å². The first-order valence-electron chi connectivity index (χ1n) is 4.83. The maximum absolute atomic E-state index is 11.2. The molecule has 0 aliphatic heterocycles. The summed E-state index contributed by atoms with van der Waals surface area (Å²) in [5.74, 6) is -1.09. The number of amides is 2. The molecule has 0 aromatic carbocycles. The number of halogens is 1. The molecule has 0 unspecified atom stereocenters. The van der Waals surface area contributed by atoms with Crippen LogP contribution in [-0.2, 0) is 18.4 Å². The van der Waals surface area contributed by atoms with Gasteiger partial charge in [-0.3, -0.25) is 9.48 Å². The number of aryl methyl sites for hydroxylation is 2. The number of carbonyl (C=O) groups excluding carboxylic acids is 1. The van der Waals surface area contributed by atoms with Gasteiger partial charge in [0.1, 0.15) is 6.54 Å². The predicted octanol–water partition coefficient (Wildman–Crippen LogP) is 0.375. The number of carboxylic acids is 1. The van der Waals surface area contributed by atoms with Crippen LogP contribution in [0.3, 0.4) is 0 Å². The third-order valence-corrected chi connectivity index (χ3v) is 3.11. The lowest BCUT2D eigenvalue weighted by Gasteiger charge is -2.06. The van der Waals surface area contributed by atoms with Crippen LogP contribution in [0.1, 0.15) is 11.4 Å². The van der Waals surface area contributed by atoms with E-state index in [1.165, 1.54) is 0 Å². The predicted molar refractivity (Wildman–Crippen MR) is 63.5 cm³/mol. The van der Waals surface area contributed by atoms with Crippen LogP contribution in [-0.4, -0.2) is 33.4 Å². The summed E-state index contributed by atoms with van der Waals surface area (Å²) in [6.45, 7) is 1.71. The van der Waals surface area contributed by atoms with Gasteiger partial charge >= 0.3 is 12.0 Å². The number of nitrogens with zero attached hydrogens (tertiary/aromatic N) is 2. The summed E-state index contributed by atoms with van der Waals surface area (Å²) in [4.78, 5) is 21.4. The van der Waals surface area contributed by atoms with Gasteiger partial charge in [0.05, 0.1) is 22.4 Å². The minimum Gasteiger partial charge on any atom is -0.480 e. The van der Waals surface area contributed by atoms with E-state index < -0.39 is 18.5 Å². The lowest BCUT2D eigenvalue weighted by Crippen LogP contribution is -2.38. The Balaban J connectivity index is 2.50. The smallest absolute Gasteiger partial charge is 0.323 e. The SMILES string of the molecule is Cc1nn(C)c(CNC(=O)NCC(=O)O)c1Br. The van der Waals surface area contributed by atoms with E-state index in [1.807, 2.05) is 6.92 Å². The second kappa shape index (κ2) is 5.67. The molecule has 0 spiro atoms. The van der Waals surface area contributed by atoms with Crippen LogP contribution in [0.4, 0.5) is 4.79 Å². The fourth-order valence-corrected chi connectivity index (χ4v) is 1.73. The number of aliphatic carboxylic acids is 1. The lowest BCUT2D eigenvalue weighted by atomic mass is 10.3. The van der Waals surface area contributed by atoms with Gasteiger partial charge in [-0.15, -0.1) is 0 Å². The summed E-state index contributed by atoms with van der Waals surface area (Å²) in [5.41, 5.74) is 1.64. The molecule has 0 saturated carbocycles. The zero-order valence-electron chi connectivity index (χ0n) is 9.45. The Morgan fingerprint density at radius 2 is 2.12 bits per heavy atom. The average molecular weight is 305 g/mol. The first-order valence-corrected chi connectivity index (χ1v) is 5.62. The van der Waals surface area contributed by atoms with E-state index in [-0.39, 0.29) is 6.54 Å². The Kier molecular flexibility index (Phi) is 4.50. The molecule has 0 radical (unpaired) electrons. The molecule has 1 rings (SSSR count). The highest BCUT2D eigenvalue weighted by atomic mass is 79.9. The molecule has 1 heterocycles. The molecule has 1 aromatic rings. The summed E-state index contributed by atoms with van der Waals surface area (Å²) in [6, 6.07) is -0.529. The Hall–Kier alpha value is -1.57. The van der Waals surface area contributed by atoms with Crippen molar-refractivity contribution in [1.29, 1.82) is 0 Å². The molecule has 0 fully saturated rings. The molecule has 0 aliphatic rings. The van der Waals surface area contributed by atoms with E-state index in [0.29, 0.717) is 0 Å². The second-order valence-electron chi connectivity index (χ2n) is 3.40. The van der Waals surface area contributed by atoms with Crippen molar-refractivity contribution >= 4 is 27.9 Å². The molecule has 8 heteroatoms. The highest BCUT2D eigenvalue weighted by molar-refractivity contribution is 9.10. The minimum atomic E-state index is -1.09. The Morgan fingerprint density at radius 1 is 1.47 bits per heavy atom. The summed E-state index contributed by atoms with van der Waals surface area (Å²) < 4.78 is 2.48. The molecule has 94 valence electrons. The van der Waals surface area contributed by atoms with Gasteiger partial charge in [0.25, 0.3) is 0 Å². The standard InChI is InChI=1S/C9H13BrN4O3/c1-5-8(10)6(14(2)13-5)3-11-9(17)12-4-7(15)16/h3-4H2,1-2H3,(H,15,16)(H2,11,12,17). The van der Waals surface area contributed by atoms with Crippen LogP contribution in [0, 0.1) is 6.92 Å². The molecule has 2 amide bonds. The van der Waals surface area contributed by atoms with Crippen molar-refractivity contribution < 1.29 is 14.7 Å². The van der Waals surface area contributed by atoms with Gasteiger partial charge in [0, 0.05) is 7.05 Å². The third kappa shape index (κ3) is 3.74. The molecule has 3 N–H and O–H groups in total. The van der Waals surface area contributed by atoms with Crippen LogP contribution in [0.15, 0.2) is 4.47 Å². The summed E-state index contributed by atoms with van der Waals surface area (Å²) >= 11 is 3.36. The molecule has 17 heavy (non-hydrogen) atoms. The quantitative estimate of drug-likeness (QED) is 0.749. The van der Waals surface area contributed by atoms with Gasteiger partial charge in [-0.05, 0) is 22.9 Å². The Bertz CT molecular complexity index is 444. The Morgan fingerprint density at radius 3 is 2.59 bits per heavy atom. The molecule has 0 bridgehead atoms. The van der Waals surface area contributed by atoms with E-state index in [1.54, 1.807) is 11.7 Å². The average Bonchev–Trinajstić information content (AvgIpc) is 2.48. The number of rotatable bonds is 4. The first kappa shape index (κ1) is 13.5. The normalized spacial score (nSPS) is 10.1. The number of hydrogen-bond donors (Lipinski definition) is 3.